The molecule has 0 saturated carbocycles. The van der Waals surface area contributed by atoms with E-state index in [1.54, 1.807) is 12.5 Å². The van der Waals surface area contributed by atoms with Crippen LogP contribution in [0.15, 0.2) is 39.3 Å². The van der Waals surface area contributed by atoms with Crippen molar-refractivity contribution >= 4 is 51.1 Å². The average Bonchev–Trinajstić information content (AvgIpc) is 3.14. The van der Waals surface area contributed by atoms with Crippen molar-refractivity contribution in [3.05, 3.63) is 29.1 Å². The van der Waals surface area contributed by atoms with Gasteiger partial charge in [0, 0.05) is 19.3 Å². The minimum absolute atomic E-state index is 0.435. The molecule has 0 spiro atoms. The summed E-state index contributed by atoms with van der Waals surface area (Å²) in [5, 5.41) is 1.56. The number of amides is 1. The second kappa shape index (κ2) is 8.44. The van der Waals surface area contributed by atoms with Crippen LogP contribution in [0.5, 0.6) is 0 Å². The number of hydrogen-bond acceptors (Lipinski definition) is 6. The molecule has 0 bridgehead atoms. The number of aromatic nitrogens is 5. The van der Waals surface area contributed by atoms with Gasteiger partial charge in [-0.2, -0.15) is 0 Å². The van der Waals surface area contributed by atoms with Crippen molar-refractivity contribution in [1.29, 1.82) is 0 Å². The van der Waals surface area contributed by atoms with E-state index in [2.05, 4.69) is 30.9 Å². The summed E-state index contributed by atoms with van der Waals surface area (Å²) in [4.78, 5) is 29.4. The number of H-pyrrole nitrogens is 1. The topological polar surface area (TPSA) is 105 Å². The van der Waals surface area contributed by atoms with Crippen molar-refractivity contribution in [1.82, 2.24) is 24.8 Å². The van der Waals surface area contributed by atoms with Crippen LogP contribution in [-0.4, -0.2) is 44.3 Å². The molecule has 4 rings (SSSR count). The van der Waals surface area contributed by atoms with E-state index in [0.717, 1.165) is 71.1 Å². The van der Waals surface area contributed by atoms with Gasteiger partial charge in [-0.3, -0.25) is 4.79 Å². The molecule has 1 amide bonds. The lowest BCUT2D eigenvalue weighted by Crippen LogP contribution is -2.38. The number of aryl methyl sites for hydroxylation is 1. The van der Waals surface area contributed by atoms with Crippen molar-refractivity contribution < 1.29 is 9.36 Å². The maximum atomic E-state index is 10.9. The second-order valence-corrected chi connectivity index (χ2v) is 8.66. The fourth-order valence-electron chi connectivity index (χ4n) is 3.40. The first-order valence-corrected chi connectivity index (χ1v) is 10.8. The van der Waals surface area contributed by atoms with Gasteiger partial charge in [0.05, 0.1) is 11.0 Å². The lowest BCUT2D eigenvalue weighted by atomic mass is 9.94. The number of carbonyl (C=O) groups is 1. The number of carbonyl (C=O) groups excluding carboxylic acids is 1. The predicted molar refractivity (Wildman–Crippen MR) is 110 cm³/mol. The Balaban J connectivity index is 1.51. The third-order valence-electron chi connectivity index (χ3n) is 5.02. The lowest BCUT2D eigenvalue weighted by Gasteiger charge is -2.28. The minimum atomic E-state index is 0.435. The van der Waals surface area contributed by atoms with E-state index in [9.17, 15) is 4.79 Å². The molecule has 1 aliphatic rings. The Hall–Kier alpha value is -2.20. The third-order valence-corrected chi connectivity index (χ3v) is 6.83. The summed E-state index contributed by atoms with van der Waals surface area (Å²) in [6, 6.07) is 3.83. The number of imidazole rings is 1. The van der Waals surface area contributed by atoms with Gasteiger partial charge < -0.3 is 15.6 Å². The van der Waals surface area contributed by atoms with Crippen molar-refractivity contribution in [3.8, 4) is 0 Å². The second-order valence-electron chi connectivity index (χ2n) is 6.83. The Bertz CT molecular complexity index is 987. The number of hydrogen-bond donors (Lipinski definition) is 2. The fraction of sp³-hybridized carbons (Fsp3) is 0.389. The molecule has 146 valence electrons. The Labute approximate surface area is 175 Å². The maximum Gasteiger partial charge on any atom is 0.294 e. The summed E-state index contributed by atoms with van der Waals surface area (Å²) in [6.07, 6.45) is 7.56. The monoisotopic (exact) mass is 462 g/mol. The number of likely N-dealkylation sites (tertiary alicyclic amines) is 1. The average molecular weight is 463 g/mol. The number of nitrogens with one attached hydrogen (secondary N) is 1. The van der Waals surface area contributed by atoms with E-state index in [0.29, 0.717) is 11.7 Å². The zero-order valence-electron chi connectivity index (χ0n) is 15.2. The molecule has 0 aliphatic carbocycles. The Morgan fingerprint density at radius 1 is 1.39 bits per heavy atom. The van der Waals surface area contributed by atoms with Crippen LogP contribution < -0.4 is 10.3 Å². The van der Waals surface area contributed by atoms with Gasteiger partial charge in [0.25, 0.3) is 5.65 Å². The molecular formula is C18H21BrN7OS+. The summed E-state index contributed by atoms with van der Waals surface area (Å²) in [5.74, 6) is 1.04. The number of nitrogens with zero attached hydrogens (tertiary/aromatic N) is 5. The first-order valence-electron chi connectivity index (χ1n) is 9.15. The molecule has 8 nitrogen and oxygen atoms in total. The largest absolute Gasteiger partial charge is 0.368 e. The maximum absolute atomic E-state index is 10.9. The Kier molecular flexibility index (Phi) is 5.77. The summed E-state index contributed by atoms with van der Waals surface area (Å²) in [6.45, 7) is 2.50. The molecule has 10 heteroatoms. The van der Waals surface area contributed by atoms with Crippen LogP contribution in [0.25, 0.3) is 11.2 Å². The van der Waals surface area contributed by atoms with Crippen LogP contribution in [0.2, 0.25) is 0 Å². The van der Waals surface area contributed by atoms with Crippen LogP contribution in [0.4, 0.5) is 5.82 Å². The Morgan fingerprint density at radius 3 is 2.96 bits per heavy atom. The van der Waals surface area contributed by atoms with E-state index < -0.39 is 0 Å². The minimum Gasteiger partial charge on any atom is -0.368 e. The van der Waals surface area contributed by atoms with Gasteiger partial charge in [0.15, 0.2) is 5.52 Å². The van der Waals surface area contributed by atoms with E-state index >= 15 is 0 Å². The van der Waals surface area contributed by atoms with Crippen molar-refractivity contribution in [2.75, 3.05) is 18.8 Å². The molecule has 3 aromatic rings. The molecule has 0 atom stereocenters. The molecule has 3 aromatic heterocycles. The van der Waals surface area contributed by atoms with E-state index in [1.165, 1.54) is 11.8 Å². The quantitative estimate of drug-likeness (QED) is 0.430. The van der Waals surface area contributed by atoms with Crippen molar-refractivity contribution in [3.63, 3.8) is 0 Å². The van der Waals surface area contributed by atoms with Gasteiger partial charge in [-0.25, -0.2) is 9.55 Å². The number of aromatic amines is 1. The van der Waals surface area contributed by atoms with Crippen LogP contribution in [-0.2, 0) is 11.3 Å². The van der Waals surface area contributed by atoms with Crippen molar-refractivity contribution in [2.45, 2.75) is 36.0 Å². The number of rotatable bonds is 6. The van der Waals surface area contributed by atoms with Crippen LogP contribution in [0.3, 0.4) is 0 Å². The highest BCUT2D eigenvalue weighted by Crippen LogP contribution is 2.31. The number of fused-ring (bicyclic) bond motifs is 1. The summed E-state index contributed by atoms with van der Waals surface area (Å²) in [5.41, 5.74) is 7.60. The molecule has 1 fully saturated rings. The van der Waals surface area contributed by atoms with Gasteiger partial charge in [-0.05, 0) is 65.0 Å². The van der Waals surface area contributed by atoms with Crippen molar-refractivity contribution in [2.24, 2.45) is 5.92 Å². The highest BCUT2D eigenvalue weighted by molar-refractivity contribution is 9.10. The number of piperidine rings is 1. The third kappa shape index (κ3) is 4.12. The molecule has 1 aliphatic heterocycles. The summed E-state index contributed by atoms with van der Waals surface area (Å²) in [7, 11) is 0. The van der Waals surface area contributed by atoms with Gasteiger partial charge in [0.2, 0.25) is 23.7 Å². The number of halogens is 1. The van der Waals surface area contributed by atoms with Gasteiger partial charge >= 0.3 is 0 Å². The Morgan fingerprint density at radius 2 is 2.21 bits per heavy atom. The highest BCUT2D eigenvalue weighted by Gasteiger charge is 2.22. The van der Waals surface area contributed by atoms with E-state index in [-0.39, 0.29) is 0 Å². The standard InChI is InChI=1S/C18H20BrN7OS/c19-13-2-1-6-21-17(13)28-18-23-14-15(20)22-10-26(16(14)24-18)9-5-12-3-7-25(11-27)8-4-12/h1-2,6,10-12H,3-5,7-9H2,(H2,20,23,24)/p+1. The molecular weight excluding hydrogens is 442 g/mol. The zero-order chi connectivity index (χ0) is 19.5. The highest BCUT2D eigenvalue weighted by atomic mass is 79.9. The van der Waals surface area contributed by atoms with Gasteiger partial charge in [0.1, 0.15) is 5.03 Å². The fourth-order valence-corrected chi connectivity index (χ4v) is 4.64. The SMILES string of the molecule is Nc1nc[n+](CCC2CCN(C=O)CC2)c2nc(Sc3ncccc3Br)[nH]c12. The zero-order valence-corrected chi connectivity index (χ0v) is 17.6. The molecule has 0 unspecified atom stereocenters. The van der Waals surface area contributed by atoms with Crippen LogP contribution in [0.1, 0.15) is 19.3 Å². The van der Waals surface area contributed by atoms with E-state index in [4.69, 9.17) is 10.7 Å². The molecule has 28 heavy (non-hydrogen) atoms. The summed E-state index contributed by atoms with van der Waals surface area (Å²) < 4.78 is 2.97. The molecule has 0 radical (unpaired) electrons. The predicted octanol–water partition coefficient (Wildman–Crippen LogP) is 2.39. The first kappa shape index (κ1) is 19.1. The molecule has 3 N–H and O–H groups in total. The summed E-state index contributed by atoms with van der Waals surface area (Å²) >= 11 is 4.96. The molecule has 0 aromatic carbocycles. The van der Waals surface area contributed by atoms with Gasteiger partial charge in [-0.15, -0.1) is 0 Å². The number of nitrogens with two attached hydrogens (primary N) is 1. The smallest absolute Gasteiger partial charge is 0.294 e. The lowest BCUT2D eigenvalue weighted by molar-refractivity contribution is -0.677. The number of anilines is 1. The first-order chi connectivity index (χ1) is 13.6. The van der Waals surface area contributed by atoms with E-state index in [1.807, 2.05) is 21.6 Å². The number of nitrogen functional groups attached to an aromatic ring is 1. The van der Waals surface area contributed by atoms with Crippen LogP contribution in [0, 0.1) is 5.92 Å². The molecule has 1 saturated heterocycles. The number of pyridine rings is 1. The normalized spacial score (nSPS) is 15.2. The van der Waals surface area contributed by atoms with Gasteiger partial charge in [-0.1, -0.05) is 9.97 Å². The molecule has 4 heterocycles. The van der Waals surface area contributed by atoms with Crippen LogP contribution >= 0.6 is 27.7 Å².